The number of hydrogen-bond donors (Lipinski definition) is 1. The van der Waals surface area contributed by atoms with Crippen LogP contribution in [0, 0.1) is 10.1 Å². The van der Waals surface area contributed by atoms with E-state index in [0.29, 0.717) is 6.54 Å². The third kappa shape index (κ3) is 5.13. The van der Waals surface area contributed by atoms with Gasteiger partial charge in [-0.3, -0.25) is 19.7 Å². The first kappa shape index (κ1) is 18.1. The van der Waals surface area contributed by atoms with Crippen molar-refractivity contribution in [3.05, 3.63) is 52.3 Å². The van der Waals surface area contributed by atoms with Crippen molar-refractivity contribution in [2.75, 3.05) is 18.4 Å². The van der Waals surface area contributed by atoms with E-state index in [-0.39, 0.29) is 29.5 Å². The van der Waals surface area contributed by atoms with Crippen molar-refractivity contribution in [3.8, 4) is 0 Å². The molecule has 0 aliphatic carbocycles. The van der Waals surface area contributed by atoms with Crippen molar-refractivity contribution in [2.24, 2.45) is 0 Å². The van der Waals surface area contributed by atoms with E-state index >= 15 is 0 Å². The third-order valence-corrected chi connectivity index (χ3v) is 3.43. The number of aromatic nitrogens is 1. The Morgan fingerprint density at radius 3 is 2.56 bits per heavy atom. The smallest absolute Gasteiger partial charge is 0.269 e. The fourth-order valence-corrected chi connectivity index (χ4v) is 2.14. The Bertz CT molecular complexity index is 727. The van der Waals surface area contributed by atoms with Gasteiger partial charge in [-0.05, 0) is 18.6 Å². The first-order chi connectivity index (χ1) is 12.0. The minimum atomic E-state index is -0.533. The lowest BCUT2D eigenvalue weighted by atomic mass is 10.1. The SMILES string of the molecule is CCCCN(CC(=O)Nc1ccon1)C(=O)c1ccc([N+](=O)[O-])cc1. The number of nitrogens with zero attached hydrogens (tertiary/aromatic N) is 3. The van der Waals surface area contributed by atoms with Gasteiger partial charge in [-0.2, -0.15) is 0 Å². The Morgan fingerprint density at radius 1 is 1.28 bits per heavy atom. The number of hydrogen-bond acceptors (Lipinski definition) is 6. The number of nitrogens with one attached hydrogen (secondary N) is 1. The van der Waals surface area contributed by atoms with Crippen LogP contribution in [-0.4, -0.2) is 39.9 Å². The minimum Gasteiger partial charge on any atom is -0.363 e. The van der Waals surface area contributed by atoms with E-state index in [0.717, 1.165) is 12.8 Å². The predicted molar refractivity (Wildman–Crippen MR) is 89.0 cm³/mol. The number of amides is 2. The number of carbonyl (C=O) groups is 2. The molecule has 2 rings (SSSR count). The lowest BCUT2D eigenvalue weighted by Gasteiger charge is -2.21. The predicted octanol–water partition coefficient (Wildman–Crippen LogP) is 2.46. The normalized spacial score (nSPS) is 10.3. The highest BCUT2D eigenvalue weighted by atomic mass is 16.6. The second-order valence-electron chi connectivity index (χ2n) is 5.32. The third-order valence-electron chi connectivity index (χ3n) is 3.43. The van der Waals surface area contributed by atoms with Crippen LogP contribution in [0.2, 0.25) is 0 Å². The molecule has 25 heavy (non-hydrogen) atoms. The quantitative estimate of drug-likeness (QED) is 0.579. The molecule has 0 aliphatic rings. The first-order valence-corrected chi connectivity index (χ1v) is 7.75. The van der Waals surface area contributed by atoms with Crippen LogP contribution in [0.25, 0.3) is 0 Å². The molecule has 132 valence electrons. The summed E-state index contributed by atoms with van der Waals surface area (Å²) < 4.78 is 4.63. The highest BCUT2D eigenvalue weighted by Gasteiger charge is 2.19. The molecule has 2 aromatic rings. The van der Waals surface area contributed by atoms with Gasteiger partial charge in [0.2, 0.25) is 5.91 Å². The summed E-state index contributed by atoms with van der Waals surface area (Å²) in [5.41, 5.74) is 0.191. The molecule has 1 N–H and O–H groups in total. The number of non-ortho nitro benzene ring substituents is 1. The highest BCUT2D eigenvalue weighted by molar-refractivity contribution is 5.99. The van der Waals surface area contributed by atoms with Gasteiger partial charge in [0.1, 0.15) is 12.8 Å². The average molecular weight is 346 g/mol. The molecule has 0 saturated heterocycles. The maximum atomic E-state index is 12.6. The van der Waals surface area contributed by atoms with Crippen LogP contribution in [-0.2, 0) is 4.79 Å². The lowest BCUT2D eigenvalue weighted by molar-refractivity contribution is -0.384. The summed E-state index contributed by atoms with van der Waals surface area (Å²) in [4.78, 5) is 36.3. The van der Waals surface area contributed by atoms with Gasteiger partial charge in [-0.1, -0.05) is 18.5 Å². The summed E-state index contributed by atoms with van der Waals surface area (Å²) in [6, 6.07) is 6.79. The number of rotatable bonds is 8. The Kier molecular flexibility index (Phi) is 6.21. The van der Waals surface area contributed by atoms with Gasteiger partial charge in [0.15, 0.2) is 5.82 Å². The number of anilines is 1. The van der Waals surface area contributed by atoms with Crippen LogP contribution in [0.15, 0.2) is 41.1 Å². The Morgan fingerprint density at radius 2 is 2.00 bits per heavy atom. The summed E-state index contributed by atoms with van der Waals surface area (Å²) >= 11 is 0. The van der Waals surface area contributed by atoms with Crippen LogP contribution >= 0.6 is 0 Å². The van der Waals surface area contributed by atoms with Crippen LogP contribution < -0.4 is 5.32 Å². The largest absolute Gasteiger partial charge is 0.363 e. The van der Waals surface area contributed by atoms with Gasteiger partial charge in [0.05, 0.1) is 4.92 Å². The van der Waals surface area contributed by atoms with E-state index in [9.17, 15) is 19.7 Å². The summed E-state index contributed by atoms with van der Waals surface area (Å²) in [6.07, 6.45) is 2.91. The van der Waals surface area contributed by atoms with Gasteiger partial charge in [-0.15, -0.1) is 0 Å². The van der Waals surface area contributed by atoms with E-state index in [2.05, 4.69) is 15.0 Å². The van der Waals surface area contributed by atoms with Crippen LogP contribution in [0.4, 0.5) is 11.5 Å². The summed E-state index contributed by atoms with van der Waals surface area (Å²) in [5, 5.41) is 16.8. The Labute approximate surface area is 143 Å². The summed E-state index contributed by atoms with van der Waals surface area (Å²) in [7, 11) is 0. The van der Waals surface area contributed by atoms with E-state index in [1.54, 1.807) is 0 Å². The molecule has 0 radical (unpaired) electrons. The van der Waals surface area contributed by atoms with Gasteiger partial charge >= 0.3 is 0 Å². The monoisotopic (exact) mass is 346 g/mol. The Balaban J connectivity index is 2.07. The van der Waals surface area contributed by atoms with E-state index < -0.39 is 10.8 Å². The zero-order chi connectivity index (χ0) is 18.2. The molecule has 0 unspecified atom stereocenters. The molecule has 9 heteroatoms. The maximum absolute atomic E-state index is 12.6. The lowest BCUT2D eigenvalue weighted by Crippen LogP contribution is -2.38. The van der Waals surface area contributed by atoms with Crippen LogP contribution in [0.3, 0.4) is 0 Å². The molecule has 2 amide bonds. The number of carbonyl (C=O) groups excluding carboxylic acids is 2. The van der Waals surface area contributed by atoms with Crippen molar-refractivity contribution in [1.82, 2.24) is 10.1 Å². The maximum Gasteiger partial charge on any atom is 0.269 e. The molecule has 0 fully saturated rings. The van der Waals surface area contributed by atoms with Gasteiger partial charge in [0.25, 0.3) is 11.6 Å². The molecule has 0 atom stereocenters. The molecule has 0 bridgehead atoms. The van der Waals surface area contributed by atoms with Gasteiger partial charge in [-0.25, -0.2) is 0 Å². The average Bonchev–Trinajstić information content (AvgIpc) is 3.10. The molecule has 0 spiro atoms. The standard InChI is InChI=1S/C16H18N4O5/c1-2-3-9-19(11-15(21)17-14-8-10-25-18-14)16(22)12-4-6-13(7-5-12)20(23)24/h4-8,10H,2-3,9,11H2,1H3,(H,17,18,21). The molecular weight excluding hydrogens is 328 g/mol. The van der Waals surface area contributed by atoms with Gasteiger partial charge < -0.3 is 14.7 Å². The zero-order valence-electron chi connectivity index (χ0n) is 13.7. The Hall–Kier alpha value is -3.23. The zero-order valence-corrected chi connectivity index (χ0v) is 13.7. The van der Waals surface area contributed by atoms with E-state index in [1.807, 2.05) is 6.92 Å². The van der Waals surface area contributed by atoms with E-state index in [1.165, 1.54) is 41.5 Å². The summed E-state index contributed by atoms with van der Waals surface area (Å²) in [5.74, 6) is -0.498. The number of unbranched alkanes of at least 4 members (excludes halogenated alkanes) is 1. The number of nitro groups is 1. The highest BCUT2D eigenvalue weighted by Crippen LogP contribution is 2.14. The molecular formula is C16H18N4O5. The van der Waals surface area contributed by atoms with Crippen molar-refractivity contribution in [3.63, 3.8) is 0 Å². The molecule has 1 aromatic carbocycles. The van der Waals surface area contributed by atoms with Crippen LogP contribution in [0.1, 0.15) is 30.1 Å². The molecule has 9 nitrogen and oxygen atoms in total. The minimum absolute atomic E-state index is 0.0968. The molecule has 1 aromatic heterocycles. The van der Waals surface area contributed by atoms with Crippen molar-refractivity contribution in [1.29, 1.82) is 0 Å². The second kappa shape index (κ2) is 8.57. The van der Waals surface area contributed by atoms with Gasteiger partial charge in [0, 0.05) is 30.3 Å². The van der Waals surface area contributed by atoms with Crippen LogP contribution in [0.5, 0.6) is 0 Å². The van der Waals surface area contributed by atoms with Crippen molar-refractivity contribution in [2.45, 2.75) is 19.8 Å². The fraction of sp³-hybridized carbons (Fsp3) is 0.312. The number of benzene rings is 1. The van der Waals surface area contributed by atoms with Crippen molar-refractivity contribution < 1.29 is 19.0 Å². The van der Waals surface area contributed by atoms with E-state index in [4.69, 9.17) is 0 Å². The molecule has 0 aliphatic heterocycles. The number of nitro benzene ring substituents is 1. The first-order valence-electron chi connectivity index (χ1n) is 7.75. The molecule has 1 heterocycles. The second-order valence-corrected chi connectivity index (χ2v) is 5.32. The summed E-state index contributed by atoms with van der Waals surface area (Å²) in [6.45, 7) is 2.23. The molecule has 0 saturated carbocycles. The van der Waals surface area contributed by atoms with Crippen molar-refractivity contribution >= 4 is 23.3 Å². The fourth-order valence-electron chi connectivity index (χ4n) is 2.14. The topological polar surface area (TPSA) is 119 Å².